The van der Waals surface area contributed by atoms with E-state index in [1.807, 2.05) is 36.1 Å². The number of amides is 1. The summed E-state index contributed by atoms with van der Waals surface area (Å²) in [5, 5.41) is 0. The number of halogens is 1. The third kappa shape index (κ3) is 3.94. The van der Waals surface area contributed by atoms with Gasteiger partial charge < -0.3 is 15.4 Å². The zero-order chi connectivity index (χ0) is 13.8. The summed E-state index contributed by atoms with van der Waals surface area (Å²) in [4.78, 5) is 14.0. The van der Waals surface area contributed by atoms with Gasteiger partial charge in [-0.05, 0) is 38.0 Å². The molecule has 1 aromatic rings. The average Bonchev–Trinajstić information content (AvgIpc) is 2.36. The van der Waals surface area contributed by atoms with Gasteiger partial charge in [0.15, 0.2) is 6.61 Å². The molecule has 0 aliphatic carbocycles. The smallest absolute Gasteiger partial charge is 0.260 e. The standard InChI is InChI=1S/C14H19BrN2O2/c1-10-7-12(16)5-6-17(10)14(18)9-19-13-4-2-3-11(15)8-13/h2-4,8,10,12H,5-7,9,16H2,1H3/t10-,12+/m1/s1. The number of hydrogen-bond donors (Lipinski definition) is 1. The minimum Gasteiger partial charge on any atom is -0.484 e. The van der Waals surface area contributed by atoms with Crippen LogP contribution in [0.3, 0.4) is 0 Å². The molecule has 5 heteroatoms. The van der Waals surface area contributed by atoms with Crippen LogP contribution in [-0.2, 0) is 4.79 Å². The predicted octanol–water partition coefficient (Wildman–Crippen LogP) is 2.17. The zero-order valence-electron chi connectivity index (χ0n) is 11.0. The van der Waals surface area contributed by atoms with Crippen LogP contribution in [0.4, 0.5) is 0 Å². The number of piperidine rings is 1. The SMILES string of the molecule is C[C@@H]1C[C@@H](N)CCN1C(=O)COc1cccc(Br)c1. The molecule has 19 heavy (non-hydrogen) atoms. The maximum atomic E-state index is 12.1. The van der Waals surface area contributed by atoms with Crippen molar-refractivity contribution in [3.8, 4) is 5.75 Å². The van der Waals surface area contributed by atoms with Gasteiger partial charge in [0.05, 0.1) is 0 Å². The molecule has 0 aromatic heterocycles. The van der Waals surface area contributed by atoms with Gasteiger partial charge in [0.2, 0.25) is 0 Å². The molecule has 2 atom stereocenters. The molecule has 2 rings (SSSR count). The van der Waals surface area contributed by atoms with Crippen molar-refractivity contribution in [2.45, 2.75) is 31.8 Å². The Morgan fingerprint density at radius 1 is 1.58 bits per heavy atom. The number of carbonyl (C=O) groups is 1. The highest BCUT2D eigenvalue weighted by atomic mass is 79.9. The molecule has 0 bridgehead atoms. The van der Waals surface area contributed by atoms with Crippen LogP contribution >= 0.6 is 15.9 Å². The normalized spacial score (nSPS) is 23.2. The van der Waals surface area contributed by atoms with Crippen LogP contribution in [0.1, 0.15) is 19.8 Å². The Morgan fingerprint density at radius 3 is 3.05 bits per heavy atom. The number of nitrogens with zero attached hydrogens (tertiary/aromatic N) is 1. The lowest BCUT2D eigenvalue weighted by atomic mass is 9.99. The number of ether oxygens (including phenoxy) is 1. The number of benzene rings is 1. The molecule has 0 spiro atoms. The van der Waals surface area contributed by atoms with E-state index in [0.29, 0.717) is 5.75 Å². The third-order valence-electron chi connectivity index (χ3n) is 3.40. The number of rotatable bonds is 3. The van der Waals surface area contributed by atoms with E-state index in [4.69, 9.17) is 10.5 Å². The summed E-state index contributed by atoms with van der Waals surface area (Å²) in [6.45, 7) is 2.84. The van der Waals surface area contributed by atoms with Crippen LogP contribution < -0.4 is 10.5 Å². The van der Waals surface area contributed by atoms with Crippen LogP contribution in [0.5, 0.6) is 5.75 Å². The van der Waals surface area contributed by atoms with Gasteiger partial charge in [0.1, 0.15) is 5.75 Å². The van der Waals surface area contributed by atoms with Gasteiger partial charge >= 0.3 is 0 Å². The molecule has 1 saturated heterocycles. The van der Waals surface area contributed by atoms with E-state index in [2.05, 4.69) is 15.9 Å². The van der Waals surface area contributed by atoms with Crippen LogP contribution in [-0.4, -0.2) is 36.0 Å². The Kier molecular flexibility index (Phi) is 4.82. The van der Waals surface area contributed by atoms with Gasteiger partial charge in [-0.15, -0.1) is 0 Å². The third-order valence-corrected chi connectivity index (χ3v) is 3.89. The summed E-state index contributed by atoms with van der Waals surface area (Å²) in [5.41, 5.74) is 5.89. The molecular formula is C14H19BrN2O2. The van der Waals surface area contributed by atoms with Gasteiger partial charge in [0.25, 0.3) is 5.91 Å². The summed E-state index contributed by atoms with van der Waals surface area (Å²) < 4.78 is 6.46. The Balaban J connectivity index is 1.87. The molecule has 0 radical (unpaired) electrons. The summed E-state index contributed by atoms with van der Waals surface area (Å²) in [7, 11) is 0. The summed E-state index contributed by atoms with van der Waals surface area (Å²) in [6, 6.07) is 7.90. The topological polar surface area (TPSA) is 55.6 Å². The lowest BCUT2D eigenvalue weighted by molar-refractivity contribution is -0.136. The Labute approximate surface area is 122 Å². The highest BCUT2D eigenvalue weighted by Crippen LogP contribution is 2.19. The van der Waals surface area contributed by atoms with Gasteiger partial charge in [-0.2, -0.15) is 0 Å². The van der Waals surface area contributed by atoms with Gasteiger partial charge in [0, 0.05) is 23.1 Å². The maximum Gasteiger partial charge on any atom is 0.260 e. The molecule has 1 aliphatic heterocycles. The van der Waals surface area contributed by atoms with Crippen molar-refractivity contribution < 1.29 is 9.53 Å². The van der Waals surface area contributed by atoms with Gasteiger partial charge in [-0.3, -0.25) is 4.79 Å². The first kappa shape index (κ1) is 14.3. The molecule has 0 saturated carbocycles. The molecular weight excluding hydrogens is 308 g/mol. The average molecular weight is 327 g/mol. The first-order valence-electron chi connectivity index (χ1n) is 6.49. The molecule has 0 unspecified atom stereocenters. The van der Waals surface area contributed by atoms with Crippen molar-refractivity contribution in [1.29, 1.82) is 0 Å². The first-order valence-corrected chi connectivity index (χ1v) is 7.29. The lowest BCUT2D eigenvalue weighted by Crippen LogP contribution is -2.49. The molecule has 4 nitrogen and oxygen atoms in total. The second-order valence-corrected chi connectivity index (χ2v) is 5.88. The van der Waals surface area contributed by atoms with E-state index >= 15 is 0 Å². The Hall–Kier alpha value is -1.07. The zero-order valence-corrected chi connectivity index (χ0v) is 12.6. The number of carbonyl (C=O) groups excluding carboxylic acids is 1. The molecule has 1 amide bonds. The fraction of sp³-hybridized carbons (Fsp3) is 0.500. The van der Waals surface area contributed by atoms with E-state index in [0.717, 1.165) is 23.9 Å². The van der Waals surface area contributed by atoms with Crippen molar-refractivity contribution in [3.05, 3.63) is 28.7 Å². The van der Waals surface area contributed by atoms with Gasteiger partial charge in [-0.1, -0.05) is 22.0 Å². The summed E-state index contributed by atoms with van der Waals surface area (Å²) in [6.07, 6.45) is 1.73. The predicted molar refractivity (Wildman–Crippen MR) is 78.0 cm³/mol. The number of likely N-dealkylation sites (tertiary alicyclic amines) is 1. The fourth-order valence-electron chi connectivity index (χ4n) is 2.36. The summed E-state index contributed by atoms with van der Waals surface area (Å²) >= 11 is 3.37. The lowest BCUT2D eigenvalue weighted by Gasteiger charge is -2.36. The van der Waals surface area contributed by atoms with E-state index in [-0.39, 0.29) is 24.6 Å². The number of hydrogen-bond acceptors (Lipinski definition) is 3. The van der Waals surface area contributed by atoms with Crippen LogP contribution in [0.15, 0.2) is 28.7 Å². The molecule has 1 aromatic carbocycles. The van der Waals surface area contributed by atoms with Crippen LogP contribution in [0.25, 0.3) is 0 Å². The van der Waals surface area contributed by atoms with Crippen molar-refractivity contribution >= 4 is 21.8 Å². The minimum absolute atomic E-state index is 0.0272. The van der Waals surface area contributed by atoms with Crippen molar-refractivity contribution in [3.63, 3.8) is 0 Å². The highest BCUT2D eigenvalue weighted by molar-refractivity contribution is 9.10. The number of nitrogens with two attached hydrogens (primary N) is 1. The minimum atomic E-state index is 0.0272. The first-order chi connectivity index (χ1) is 9.06. The second-order valence-electron chi connectivity index (χ2n) is 4.97. The quantitative estimate of drug-likeness (QED) is 0.926. The Bertz CT molecular complexity index is 453. The van der Waals surface area contributed by atoms with E-state index in [1.54, 1.807) is 0 Å². The second kappa shape index (κ2) is 6.39. The molecule has 1 heterocycles. The van der Waals surface area contributed by atoms with Crippen molar-refractivity contribution in [2.24, 2.45) is 5.73 Å². The van der Waals surface area contributed by atoms with E-state index in [9.17, 15) is 4.79 Å². The molecule has 2 N–H and O–H groups in total. The van der Waals surface area contributed by atoms with Crippen molar-refractivity contribution in [1.82, 2.24) is 4.90 Å². The highest BCUT2D eigenvalue weighted by Gasteiger charge is 2.27. The monoisotopic (exact) mass is 326 g/mol. The van der Waals surface area contributed by atoms with Crippen LogP contribution in [0, 0.1) is 0 Å². The molecule has 104 valence electrons. The molecule has 1 aliphatic rings. The van der Waals surface area contributed by atoms with Gasteiger partial charge in [-0.25, -0.2) is 0 Å². The Morgan fingerprint density at radius 2 is 2.37 bits per heavy atom. The van der Waals surface area contributed by atoms with E-state index < -0.39 is 0 Å². The maximum absolute atomic E-state index is 12.1. The van der Waals surface area contributed by atoms with Crippen molar-refractivity contribution in [2.75, 3.05) is 13.2 Å². The molecule has 1 fully saturated rings. The fourth-order valence-corrected chi connectivity index (χ4v) is 2.74. The van der Waals surface area contributed by atoms with E-state index in [1.165, 1.54) is 0 Å². The van der Waals surface area contributed by atoms with Crippen LogP contribution in [0.2, 0.25) is 0 Å². The summed E-state index contributed by atoms with van der Waals surface area (Å²) in [5.74, 6) is 0.725. The largest absolute Gasteiger partial charge is 0.484 e.